The van der Waals surface area contributed by atoms with E-state index >= 15 is 0 Å². The summed E-state index contributed by atoms with van der Waals surface area (Å²) >= 11 is 0. The summed E-state index contributed by atoms with van der Waals surface area (Å²) in [5, 5.41) is 11.2. The molecule has 6 heteroatoms. The number of likely N-dealkylation sites (tertiary alicyclic amines) is 1. The van der Waals surface area contributed by atoms with Crippen molar-refractivity contribution in [3.63, 3.8) is 0 Å². The van der Waals surface area contributed by atoms with E-state index in [1.807, 2.05) is 52.8 Å². The van der Waals surface area contributed by atoms with E-state index in [1.165, 1.54) is 6.42 Å². The topological polar surface area (TPSA) is 70.1 Å². The number of aliphatic hydroxyl groups excluding tert-OH is 1. The van der Waals surface area contributed by atoms with Crippen LogP contribution in [-0.4, -0.2) is 57.7 Å². The van der Waals surface area contributed by atoms with E-state index in [1.54, 1.807) is 9.80 Å². The Balaban J connectivity index is 1.77. The molecule has 3 rings (SSSR count). The van der Waals surface area contributed by atoms with Crippen molar-refractivity contribution in [3.8, 4) is 0 Å². The van der Waals surface area contributed by atoms with Crippen molar-refractivity contribution in [2.45, 2.75) is 103 Å². The Morgan fingerprint density at radius 3 is 2.31 bits per heavy atom. The zero-order chi connectivity index (χ0) is 23.5. The first-order chi connectivity index (χ1) is 15.1. The summed E-state index contributed by atoms with van der Waals surface area (Å²) in [6.07, 6.45) is 5.58. The lowest BCUT2D eigenvalue weighted by Crippen LogP contribution is -2.51. The fraction of sp³-hybridized carbons (Fsp3) is 0.692. The second-order valence-electron chi connectivity index (χ2n) is 10.4. The van der Waals surface area contributed by atoms with Crippen LogP contribution >= 0.6 is 0 Å². The molecule has 0 radical (unpaired) electrons. The van der Waals surface area contributed by atoms with Crippen LogP contribution in [0.15, 0.2) is 18.2 Å². The van der Waals surface area contributed by atoms with Crippen molar-refractivity contribution in [2.75, 3.05) is 13.1 Å². The van der Waals surface area contributed by atoms with Crippen molar-refractivity contribution in [2.24, 2.45) is 0 Å². The number of rotatable bonds is 5. The Labute approximate surface area is 192 Å². The minimum Gasteiger partial charge on any atom is -0.444 e. The first kappa shape index (κ1) is 24.6. The van der Waals surface area contributed by atoms with Gasteiger partial charge in [-0.1, -0.05) is 37.5 Å². The van der Waals surface area contributed by atoms with Gasteiger partial charge in [-0.25, -0.2) is 4.79 Å². The molecule has 2 atom stereocenters. The van der Waals surface area contributed by atoms with Gasteiger partial charge in [-0.2, -0.15) is 0 Å². The Hall–Kier alpha value is -2.08. The molecule has 2 amide bonds. The highest BCUT2D eigenvalue weighted by Crippen LogP contribution is 2.33. The highest BCUT2D eigenvalue weighted by atomic mass is 16.6. The highest BCUT2D eigenvalue weighted by molar-refractivity contribution is 5.83. The molecule has 32 heavy (non-hydrogen) atoms. The van der Waals surface area contributed by atoms with E-state index in [0.29, 0.717) is 6.54 Å². The first-order valence-corrected chi connectivity index (χ1v) is 12.1. The monoisotopic (exact) mass is 444 g/mol. The van der Waals surface area contributed by atoms with Crippen LogP contribution in [0.25, 0.3) is 0 Å². The molecule has 1 aromatic carbocycles. The number of amides is 2. The smallest absolute Gasteiger partial charge is 0.411 e. The van der Waals surface area contributed by atoms with E-state index in [4.69, 9.17) is 4.74 Å². The zero-order valence-electron chi connectivity index (χ0n) is 20.4. The Morgan fingerprint density at radius 2 is 1.72 bits per heavy atom. The molecular formula is C26H40N2O4. The Morgan fingerprint density at radius 1 is 1.09 bits per heavy atom. The highest BCUT2D eigenvalue weighted by Gasteiger charge is 2.38. The third-order valence-electron chi connectivity index (χ3n) is 6.77. The first-order valence-electron chi connectivity index (χ1n) is 12.1. The van der Waals surface area contributed by atoms with Gasteiger partial charge >= 0.3 is 6.09 Å². The lowest BCUT2D eigenvalue weighted by molar-refractivity contribution is -0.136. The summed E-state index contributed by atoms with van der Waals surface area (Å²) in [5.74, 6) is -0.103. The summed E-state index contributed by atoms with van der Waals surface area (Å²) in [6, 6.07) is 5.75. The van der Waals surface area contributed by atoms with Crippen LogP contribution in [0.5, 0.6) is 0 Å². The minimum atomic E-state index is -0.729. The molecule has 2 fully saturated rings. The fourth-order valence-corrected chi connectivity index (χ4v) is 5.21. The molecule has 2 aliphatic rings. The summed E-state index contributed by atoms with van der Waals surface area (Å²) in [5.41, 5.74) is 2.37. The molecule has 0 aromatic heterocycles. The number of hydrogen-bond acceptors (Lipinski definition) is 4. The van der Waals surface area contributed by atoms with Crippen molar-refractivity contribution >= 4 is 12.0 Å². The number of nitrogens with zero attached hydrogens (tertiary/aromatic N) is 2. The van der Waals surface area contributed by atoms with Gasteiger partial charge in [0.15, 0.2) is 0 Å². The number of aliphatic hydroxyl groups is 1. The zero-order valence-corrected chi connectivity index (χ0v) is 20.4. The van der Waals surface area contributed by atoms with E-state index in [9.17, 15) is 14.7 Å². The molecular weight excluding hydrogens is 404 g/mol. The van der Waals surface area contributed by atoms with Gasteiger partial charge in [0.05, 0.1) is 12.1 Å². The third kappa shape index (κ3) is 5.83. The van der Waals surface area contributed by atoms with Gasteiger partial charge in [0.25, 0.3) is 0 Å². The lowest BCUT2D eigenvalue weighted by atomic mass is 9.92. The van der Waals surface area contributed by atoms with Gasteiger partial charge in [-0.15, -0.1) is 0 Å². The minimum absolute atomic E-state index is 0.00948. The standard InChI is InChI=1S/C26H40N2O4/c1-18-11-9-12-19(2)23(18)24(30)21-15-10-16-27(21)22(29)17-28(20-13-7-6-8-14-20)25(31)32-26(3,4)5/h9,11-12,20-21,24,30H,6-8,10,13-17H2,1-5H3. The van der Waals surface area contributed by atoms with Crippen LogP contribution < -0.4 is 0 Å². The quantitative estimate of drug-likeness (QED) is 0.701. The van der Waals surface area contributed by atoms with Crippen LogP contribution in [0.3, 0.4) is 0 Å². The van der Waals surface area contributed by atoms with Gasteiger partial charge < -0.3 is 14.7 Å². The molecule has 1 aromatic rings. The number of benzene rings is 1. The number of ether oxygens (including phenoxy) is 1. The number of carbonyl (C=O) groups excluding carboxylic acids is 2. The maximum Gasteiger partial charge on any atom is 0.411 e. The molecule has 0 bridgehead atoms. The SMILES string of the molecule is Cc1cccc(C)c1C(O)C1CCCN1C(=O)CN(C(=O)OC(C)(C)C)C1CCCCC1. The van der Waals surface area contributed by atoms with Gasteiger partial charge in [0, 0.05) is 12.6 Å². The summed E-state index contributed by atoms with van der Waals surface area (Å²) in [7, 11) is 0. The van der Waals surface area contributed by atoms with Crippen molar-refractivity contribution in [3.05, 3.63) is 34.9 Å². The lowest BCUT2D eigenvalue weighted by Gasteiger charge is -2.37. The maximum atomic E-state index is 13.4. The Bertz CT molecular complexity index is 790. The van der Waals surface area contributed by atoms with E-state index < -0.39 is 17.8 Å². The molecule has 6 nitrogen and oxygen atoms in total. The van der Waals surface area contributed by atoms with Crippen molar-refractivity contribution < 1.29 is 19.4 Å². The largest absolute Gasteiger partial charge is 0.444 e. The van der Waals surface area contributed by atoms with Crippen molar-refractivity contribution in [1.29, 1.82) is 0 Å². The number of aryl methyl sites for hydroxylation is 2. The average molecular weight is 445 g/mol. The molecule has 1 aliphatic heterocycles. The summed E-state index contributed by atoms with van der Waals surface area (Å²) in [6.45, 7) is 10.2. The second kappa shape index (κ2) is 10.2. The predicted molar refractivity (Wildman–Crippen MR) is 125 cm³/mol. The van der Waals surface area contributed by atoms with Crippen LogP contribution in [-0.2, 0) is 9.53 Å². The fourth-order valence-electron chi connectivity index (χ4n) is 5.21. The van der Waals surface area contributed by atoms with Gasteiger partial charge in [0.2, 0.25) is 5.91 Å². The van der Waals surface area contributed by atoms with Crippen LogP contribution in [0.4, 0.5) is 4.79 Å². The van der Waals surface area contributed by atoms with E-state index in [2.05, 4.69) is 0 Å². The number of hydrogen-bond donors (Lipinski definition) is 1. The number of carbonyl (C=O) groups is 2. The maximum absolute atomic E-state index is 13.4. The third-order valence-corrected chi connectivity index (χ3v) is 6.77. The summed E-state index contributed by atoms with van der Waals surface area (Å²) in [4.78, 5) is 29.9. The van der Waals surface area contributed by atoms with E-state index in [0.717, 1.165) is 55.2 Å². The van der Waals surface area contributed by atoms with Crippen LogP contribution in [0.1, 0.15) is 88.5 Å². The molecule has 1 saturated heterocycles. The van der Waals surface area contributed by atoms with Gasteiger partial charge in [-0.05, 0) is 77.0 Å². The molecule has 0 spiro atoms. The molecule has 1 aliphatic carbocycles. The van der Waals surface area contributed by atoms with Gasteiger partial charge in [0.1, 0.15) is 12.1 Å². The normalized spacial score (nSPS) is 20.8. The van der Waals surface area contributed by atoms with Crippen molar-refractivity contribution in [1.82, 2.24) is 9.80 Å². The van der Waals surface area contributed by atoms with Crippen LogP contribution in [0, 0.1) is 13.8 Å². The predicted octanol–water partition coefficient (Wildman–Crippen LogP) is 4.90. The molecule has 2 unspecified atom stereocenters. The van der Waals surface area contributed by atoms with Crippen LogP contribution in [0.2, 0.25) is 0 Å². The summed E-state index contributed by atoms with van der Waals surface area (Å²) < 4.78 is 5.66. The van der Waals surface area contributed by atoms with E-state index in [-0.39, 0.29) is 24.5 Å². The molecule has 1 saturated carbocycles. The van der Waals surface area contributed by atoms with Gasteiger partial charge in [-0.3, -0.25) is 9.69 Å². The molecule has 1 N–H and O–H groups in total. The Kier molecular flexibility index (Phi) is 7.86. The molecule has 178 valence electrons. The average Bonchev–Trinajstić information content (AvgIpc) is 3.21. The second-order valence-corrected chi connectivity index (χ2v) is 10.4. The molecule has 1 heterocycles.